The molecule has 0 spiro atoms. The first-order valence-electron chi connectivity index (χ1n) is 12.4. The van der Waals surface area contributed by atoms with Crippen molar-refractivity contribution in [2.24, 2.45) is 0 Å². The van der Waals surface area contributed by atoms with Crippen LogP contribution >= 0.6 is 0 Å². The Morgan fingerprint density at radius 2 is 1.63 bits per heavy atom. The second-order valence-electron chi connectivity index (χ2n) is 9.60. The molecule has 3 aromatic rings. The van der Waals surface area contributed by atoms with E-state index in [0.717, 1.165) is 25.9 Å². The molecule has 3 heterocycles. The van der Waals surface area contributed by atoms with Crippen molar-refractivity contribution in [3.8, 4) is 22.6 Å². The SMILES string of the molecule is O=C(c1ccc2c(c1)OCO2)N1CCCCN2[C@H](CO)[C@H](c3ccc(-c4ccccc4)cc3)[C@H]2C1. The van der Waals surface area contributed by atoms with Crippen molar-refractivity contribution >= 4 is 5.91 Å². The lowest BCUT2D eigenvalue weighted by Crippen LogP contribution is -2.67. The van der Waals surface area contributed by atoms with Gasteiger partial charge in [0.15, 0.2) is 11.5 Å². The van der Waals surface area contributed by atoms with Gasteiger partial charge in [-0.3, -0.25) is 9.69 Å². The van der Waals surface area contributed by atoms with Crippen molar-refractivity contribution in [3.05, 3.63) is 83.9 Å². The molecule has 6 rings (SSSR count). The molecule has 3 aliphatic heterocycles. The second kappa shape index (κ2) is 9.36. The number of hydrogen-bond donors (Lipinski definition) is 1. The molecule has 6 heteroatoms. The zero-order valence-corrected chi connectivity index (χ0v) is 19.7. The highest BCUT2D eigenvalue weighted by Gasteiger charge is 2.49. The van der Waals surface area contributed by atoms with Crippen LogP contribution < -0.4 is 9.47 Å². The first kappa shape index (κ1) is 22.1. The summed E-state index contributed by atoms with van der Waals surface area (Å²) in [6.45, 7) is 2.66. The van der Waals surface area contributed by atoms with Crippen LogP contribution in [0.5, 0.6) is 11.5 Å². The molecule has 3 atom stereocenters. The van der Waals surface area contributed by atoms with Crippen LogP contribution in [0.3, 0.4) is 0 Å². The van der Waals surface area contributed by atoms with E-state index in [1.807, 2.05) is 23.1 Å². The number of aliphatic hydroxyl groups is 1. The summed E-state index contributed by atoms with van der Waals surface area (Å²) in [6, 6.07) is 24.8. The highest BCUT2D eigenvalue weighted by Crippen LogP contribution is 2.42. The number of rotatable bonds is 4. The van der Waals surface area contributed by atoms with Crippen molar-refractivity contribution in [1.82, 2.24) is 9.80 Å². The standard InChI is InChI=1S/C29H30N2O4/c32-18-25-28(22-10-8-21(9-11-22)20-6-2-1-3-7-20)24-17-30(14-4-5-15-31(24)25)29(33)23-12-13-26-27(16-23)35-19-34-26/h1-3,6-13,16,24-25,28,32H,4-5,14-15,17-19H2/t24-,25-,28-/m1/s1. The van der Waals surface area contributed by atoms with Crippen molar-refractivity contribution in [2.45, 2.75) is 30.8 Å². The van der Waals surface area contributed by atoms with Gasteiger partial charge < -0.3 is 19.5 Å². The molecule has 0 radical (unpaired) electrons. The van der Waals surface area contributed by atoms with Crippen LogP contribution in [0.1, 0.15) is 34.7 Å². The predicted octanol–water partition coefficient (Wildman–Crippen LogP) is 4.15. The van der Waals surface area contributed by atoms with Crippen LogP contribution in [0, 0.1) is 0 Å². The number of aliphatic hydroxyl groups excluding tert-OH is 1. The van der Waals surface area contributed by atoms with E-state index in [0.29, 0.717) is 23.6 Å². The second-order valence-corrected chi connectivity index (χ2v) is 9.60. The van der Waals surface area contributed by atoms with Crippen LogP contribution in [0.25, 0.3) is 11.1 Å². The average molecular weight is 471 g/mol. The van der Waals surface area contributed by atoms with Crippen molar-refractivity contribution < 1.29 is 19.4 Å². The summed E-state index contributed by atoms with van der Waals surface area (Å²) < 4.78 is 10.9. The van der Waals surface area contributed by atoms with E-state index in [9.17, 15) is 9.90 Å². The number of carbonyl (C=O) groups excluding carboxylic acids is 1. The quantitative estimate of drug-likeness (QED) is 0.621. The largest absolute Gasteiger partial charge is 0.454 e. The molecule has 2 saturated heterocycles. The maximum Gasteiger partial charge on any atom is 0.254 e. The zero-order valence-electron chi connectivity index (χ0n) is 19.7. The molecule has 3 aromatic carbocycles. The molecule has 0 saturated carbocycles. The first-order chi connectivity index (χ1) is 17.2. The van der Waals surface area contributed by atoms with Crippen LogP contribution in [-0.2, 0) is 0 Å². The lowest BCUT2D eigenvalue weighted by molar-refractivity contribution is -0.0606. The van der Waals surface area contributed by atoms with Gasteiger partial charge in [-0.25, -0.2) is 0 Å². The summed E-state index contributed by atoms with van der Waals surface area (Å²) in [5, 5.41) is 10.2. The minimum atomic E-state index is 0.0239. The van der Waals surface area contributed by atoms with Crippen LogP contribution in [0.15, 0.2) is 72.8 Å². The van der Waals surface area contributed by atoms with Crippen molar-refractivity contribution in [3.63, 3.8) is 0 Å². The number of carbonyl (C=O) groups is 1. The number of nitrogens with zero attached hydrogens (tertiary/aromatic N) is 2. The summed E-state index contributed by atoms with van der Waals surface area (Å²) in [7, 11) is 0. The maximum atomic E-state index is 13.5. The first-order valence-corrected chi connectivity index (χ1v) is 12.4. The summed E-state index contributed by atoms with van der Waals surface area (Å²) in [5.74, 6) is 1.53. The predicted molar refractivity (Wildman–Crippen MR) is 134 cm³/mol. The molecule has 0 bridgehead atoms. The third-order valence-corrected chi connectivity index (χ3v) is 7.68. The van der Waals surface area contributed by atoms with Gasteiger partial charge >= 0.3 is 0 Å². The van der Waals surface area contributed by atoms with E-state index in [1.165, 1.54) is 16.7 Å². The van der Waals surface area contributed by atoms with Crippen molar-refractivity contribution in [2.75, 3.05) is 33.0 Å². The fourth-order valence-electron chi connectivity index (χ4n) is 5.87. The number of fused-ring (bicyclic) bond motifs is 2. The Morgan fingerprint density at radius 3 is 2.43 bits per heavy atom. The van der Waals surface area contributed by atoms with Gasteiger partial charge in [-0.05, 0) is 54.3 Å². The van der Waals surface area contributed by atoms with E-state index in [1.54, 1.807) is 6.07 Å². The molecule has 0 unspecified atom stereocenters. The number of benzene rings is 3. The molecule has 1 N–H and O–H groups in total. The lowest BCUT2D eigenvalue weighted by Gasteiger charge is -2.57. The molecule has 0 aliphatic carbocycles. The normalized spacial score (nSPS) is 23.7. The molecule has 180 valence electrons. The third kappa shape index (κ3) is 4.07. The minimum absolute atomic E-state index is 0.0239. The Kier molecular flexibility index (Phi) is 5.92. The van der Waals surface area contributed by atoms with Gasteiger partial charge in [-0.2, -0.15) is 0 Å². The van der Waals surface area contributed by atoms with Crippen molar-refractivity contribution in [1.29, 1.82) is 0 Å². The number of hydrogen-bond acceptors (Lipinski definition) is 5. The molecular weight excluding hydrogens is 440 g/mol. The summed E-state index contributed by atoms with van der Waals surface area (Å²) >= 11 is 0. The van der Waals surface area contributed by atoms with Crippen LogP contribution in [-0.4, -0.2) is 65.9 Å². The van der Waals surface area contributed by atoms with E-state index < -0.39 is 0 Å². The summed E-state index contributed by atoms with van der Waals surface area (Å²) in [4.78, 5) is 17.9. The van der Waals surface area contributed by atoms with Gasteiger partial charge in [0.2, 0.25) is 6.79 Å². The Labute approximate surface area is 205 Å². The van der Waals surface area contributed by atoms with Crippen LogP contribution in [0.4, 0.5) is 0 Å². The highest BCUT2D eigenvalue weighted by atomic mass is 16.7. The average Bonchev–Trinajstić information content (AvgIpc) is 3.36. The Bertz CT molecular complexity index is 1200. The van der Waals surface area contributed by atoms with Gasteiger partial charge in [0.05, 0.1) is 6.61 Å². The van der Waals surface area contributed by atoms with E-state index in [2.05, 4.69) is 53.4 Å². The van der Waals surface area contributed by atoms with E-state index >= 15 is 0 Å². The van der Waals surface area contributed by atoms with E-state index in [-0.39, 0.29) is 37.3 Å². The third-order valence-electron chi connectivity index (χ3n) is 7.68. The van der Waals surface area contributed by atoms with Gasteiger partial charge in [0.25, 0.3) is 5.91 Å². The van der Waals surface area contributed by atoms with Crippen LogP contribution in [0.2, 0.25) is 0 Å². The molecule has 35 heavy (non-hydrogen) atoms. The summed E-state index contributed by atoms with van der Waals surface area (Å²) in [5.41, 5.74) is 4.23. The van der Waals surface area contributed by atoms with Gasteiger partial charge in [-0.1, -0.05) is 54.6 Å². The molecule has 6 nitrogen and oxygen atoms in total. The minimum Gasteiger partial charge on any atom is -0.454 e. The van der Waals surface area contributed by atoms with Gasteiger partial charge in [0, 0.05) is 36.7 Å². The Balaban J connectivity index is 1.24. The fourth-order valence-corrected chi connectivity index (χ4v) is 5.87. The molecule has 1 amide bonds. The highest BCUT2D eigenvalue weighted by molar-refractivity contribution is 5.95. The molecule has 3 aliphatic rings. The van der Waals surface area contributed by atoms with E-state index in [4.69, 9.17) is 9.47 Å². The molecule has 2 fully saturated rings. The Hall–Kier alpha value is -3.35. The smallest absolute Gasteiger partial charge is 0.254 e. The number of amides is 1. The molecular formula is C29H30N2O4. The maximum absolute atomic E-state index is 13.5. The lowest BCUT2D eigenvalue weighted by atomic mass is 9.74. The Morgan fingerprint density at radius 1 is 0.886 bits per heavy atom. The topological polar surface area (TPSA) is 62.2 Å². The zero-order chi connectivity index (χ0) is 23.8. The van der Waals surface area contributed by atoms with Gasteiger partial charge in [0.1, 0.15) is 0 Å². The fraction of sp³-hybridized carbons (Fsp3) is 0.345. The van der Waals surface area contributed by atoms with Gasteiger partial charge in [-0.15, -0.1) is 0 Å². The summed E-state index contributed by atoms with van der Waals surface area (Å²) in [6.07, 6.45) is 1.96. The number of ether oxygens (including phenoxy) is 2. The monoisotopic (exact) mass is 470 g/mol. The molecule has 0 aromatic heterocycles.